The Morgan fingerprint density at radius 1 is 1.20 bits per heavy atom. The number of carbonyl (C=O) groups is 1. The number of benzene rings is 1. The van der Waals surface area contributed by atoms with Crippen molar-refractivity contribution in [1.82, 2.24) is 0 Å². The van der Waals surface area contributed by atoms with Crippen LogP contribution in [0.25, 0.3) is 0 Å². The lowest BCUT2D eigenvalue weighted by atomic mass is 9.94. The Kier molecular flexibility index (Phi) is 4.32. The summed E-state index contributed by atoms with van der Waals surface area (Å²) in [4.78, 5) is 10.9. The molecule has 0 bridgehead atoms. The lowest BCUT2D eigenvalue weighted by molar-refractivity contribution is -0.223. The second-order valence-corrected chi connectivity index (χ2v) is 10.9. The Morgan fingerprint density at radius 2 is 1.75 bits per heavy atom. The van der Waals surface area contributed by atoms with Crippen molar-refractivity contribution in [2.45, 2.75) is 32.9 Å². The van der Waals surface area contributed by atoms with Crippen LogP contribution in [0.2, 0.25) is 19.6 Å². The zero-order valence-corrected chi connectivity index (χ0v) is 13.5. The van der Waals surface area contributed by atoms with Gasteiger partial charge in [0.1, 0.15) is 12.0 Å². The van der Waals surface area contributed by atoms with Gasteiger partial charge in [-0.2, -0.15) is 0 Å². The summed E-state index contributed by atoms with van der Waals surface area (Å²) in [5, 5.41) is 0. The van der Waals surface area contributed by atoms with Crippen LogP contribution in [-0.4, -0.2) is 27.8 Å². The summed E-state index contributed by atoms with van der Waals surface area (Å²) in [5.74, 6) is 0.876. The number of rotatable bonds is 4. The molecule has 0 saturated carbocycles. The van der Waals surface area contributed by atoms with E-state index >= 15 is 0 Å². The van der Waals surface area contributed by atoms with Gasteiger partial charge in [-0.3, -0.25) is 0 Å². The first-order valence-electron chi connectivity index (χ1n) is 6.80. The maximum Gasteiger partial charge on any atom is 0.242 e. The van der Waals surface area contributed by atoms with Crippen LogP contribution in [0.15, 0.2) is 24.3 Å². The molecule has 20 heavy (non-hydrogen) atoms. The largest absolute Gasteiger partial charge is 0.544 e. The molecule has 110 valence electrons. The molecular weight excluding hydrogens is 272 g/mol. The molecular formula is C15H22O4Si. The van der Waals surface area contributed by atoms with Crippen LogP contribution in [0.5, 0.6) is 5.75 Å². The maximum absolute atomic E-state index is 10.9. The van der Waals surface area contributed by atoms with Crippen molar-refractivity contribution in [3.8, 4) is 5.75 Å². The summed E-state index contributed by atoms with van der Waals surface area (Å²) in [5.41, 5.74) is 0.415. The Hall–Kier alpha value is -1.17. The van der Waals surface area contributed by atoms with Crippen molar-refractivity contribution in [3.05, 3.63) is 29.8 Å². The third-order valence-corrected chi connectivity index (χ3v) is 3.84. The summed E-state index contributed by atoms with van der Waals surface area (Å²) in [6.45, 7) is 9.04. The van der Waals surface area contributed by atoms with E-state index < -0.39 is 20.0 Å². The molecule has 1 aromatic rings. The number of hydrogen-bond donors (Lipinski definition) is 0. The van der Waals surface area contributed by atoms with Gasteiger partial charge >= 0.3 is 0 Å². The quantitative estimate of drug-likeness (QED) is 0.632. The Bertz CT molecular complexity index is 456. The van der Waals surface area contributed by atoms with Crippen molar-refractivity contribution in [3.63, 3.8) is 0 Å². The number of hydrogen-bond acceptors (Lipinski definition) is 4. The topological polar surface area (TPSA) is 44.8 Å². The van der Waals surface area contributed by atoms with E-state index in [-0.39, 0.29) is 0 Å². The van der Waals surface area contributed by atoms with E-state index in [0.717, 1.165) is 17.6 Å². The zero-order chi connectivity index (χ0) is 14.8. The van der Waals surface area contributed by atoms with Crippen molar-refractivity contribution in [1.29, 1.82) is 0 Å². The number of carbonyl (C=O) groups excluding carboxylic acids is 1. The highest BCUT2D eigenvalue weighted by atomic mass is 28.4. The fourth-order valence-corrected chi connectivity index (χ4v) is 2.77. The molecule has 0 unspecified atom stereocenters. The molecule has 0 aromatic heterocycles. The lowest BCUT2D eigenvalue weighted by Gasteiger charge is -2.33. The number of aldehydes is 1. The third kappa shape index (κ3) is 3.91. The van der Waals surface area contributed by atoms with Gasteiger partial charge in [0, 0.05) is 5.56 Å². The highest BCUT2D eigenvalue weighted by Crippen LogP contribution is 2.31. The van der Waals surface area contributed by atoms with E-state index in [1.165, 1.54) is 0 Å². The highest BCUT2D eigenvalue weighted by molar-refractivity contribution is 6.70. The molecule has 0 spiro atoms. The van der Waals surface area contributed by atoms with E-state index in [0.29, 0.717) is 13.2 Å². The fraction of sp³-hybridized carbons (Fsp3) is 0.533. The van der Waals surface area contributed by atoms with E-state index in [4.69, 9.17) is 13.9 Å². The van der Waals surface area contributed by atoms with Gasteiger partial charge in [0.05, 0.1) is 18.6 Å². The minimum absolute atomic E-state index is 0.383. The van der Waals surface area contributed by atoms with Crippen molar-refractivity contribution in [2.24, 2.45) is 5.41 Å². The van der Waals surface area contributed by atoms with Gasteiger partial charge in [0.15, 0.2) is 6.29 Å². The standard InChI is InChI=1S/C15H22O4Si/c1-15(9-16)10-17-14(18-11-15)12-5-7-13(8-6-12)19-20(2,3)4/h5-9,14H,10-11H2,1-4H3. The van der Waals surface area contributed by atoms with Crippen LogP contribution >= 0.6 is 0 Å². The molecule has 0 aliphatic carbocycles. The van der Waals surface area contributed by atoms with Crippen LogP contribution in [-0.2, 0) is 14.3 Å². The lowest BCUT2D eigenvalue weighted by Crippen LogP contribution is -2.37. The second-order valence-electron chi connectivity index (χ2n) is 6.51. The molecule has 4 nitrogen and oxygen atoms in total. The molecule has 1 aliphatic rings. The predicted molar refractivity (Wildman–Crippen MR) is 79.2 cm³/mol. The summed E-state index contributed by atoms with van der Waals surface area (Å²) in [6.07, 6.45) is 0.498. The molecule has 5 heteroatoms. The van der Waals surface area contributed by atoms with Crippen molar-refractivity contribution < 1.29 is 18.7 Å². The SMILES string of the molecule is CC1(C=O)COC(c2ccc(O[Si](C)(C)C)cc2)OC1. The average molecular weight is 294 g/mol. The van der Waals surface area contributed by atoms with Crippen LogP contribution in [0.4, 0.5) is 0 Å². The molecule has 2 rings (SSSR count). The van der Waals surface area contributed by atoms with Gasteiger partial charge in [0.2, 0.25) is 8.32 Å². The first kappa shape index (κ1) is 15.2. The molecule has 1 heterocycles. The van der Waals surface area contributed by atoms with Crippen LogP contribution < -0.4 is 4.43 Å². The molecule has 1 fully saturated rings. The van der Waals surface area contributed by atoms with Gasteiger partial charge in [-0.05, 0) is 38.7 Å². The third-order valence-electron chi connectivity index (χ3n) is 2.99. The summed E-state index contributed by atoms with van der Waals surface area (Å²) in [7, 11) is -1.58. The van der Waals surface area contributed by atoms with E-state index in [1.807, 2.05) is 31.2 Å². The predicted octanol–water partition coefficient (Wildman–Crippen LogP) is 3.15. The zero-order valence-electron chi connectivity index (χ0n) is 12.5. The van der Waals surface area contributed by atoms with Gasteiger partial charge in [0.25, 0.3) is 0 Å². The van der Waals surface area contributed by atoms with E-state index in [1.54, 1.807) is 0 Å². The fourth-order valence-electron chi connectivity index (χ4n) is 1.93. The summed E-state index contributed by atoms with van der Waals surface area (Å²) >= 11 is 0. The van der Waals surface area contributed by atoms with Gasteiger partial charge < -0.3 is 18.7 Å². The van der Waals surface area contributed by atoms with E-state index in [2.05, 4.69) is 19.6 Å². The molecule has 0 amide bonds. The van der Waals surface area contributed by atoms with E-state index in [9.17, 15) is 4.79 Å². The minimum Gasteiger partial charge on any atom is -0.544 e. The number of ether oxygens (including phenoxy) is 2. The normalized spacial score (nSPS) is 27.1. The van der Waals surface area contributed by atoms with Gasteiger partial charge in [-0.15, -0.1) is 0 Å². The van der Waals surface area contributed by atoms with Crippen LogP contribution in [0.1, 0.15) is 18.8 Å². The molecule has 1 aliphatic heterocycles. The summed E-state index contributed by atoms with van der Waals surface area (Å²) < 4.78 is 17.2. The van der Waals surface area contributed by atoms with Crippen molar-refractivity contribution >= 4 is 14.6 Å². The molecule has 1 saturated heterocycles. The van der Waals surface area contributed by atoms with Gasteiger partial charge in [-0.1, -0.05) is 12.1 Å². The monoisotopic (exact) mass is 294 g/mol. The average Bonchev–Trinajstić information content (AvgIpc) is 2.39. The molecule has 0 atom stereocenters. The molecule has 0 radical (unpaired) electrons. The van der Waals surface area contributed by atoms with Crippen molar-refractivity contribution in [2.75, 3.05) is 13.2 Å². The summed E-state index contributed by atoms with van der Waals surface area (Å²) in [6, 6.07) is 7.77. The Morgan fingerprint density at radius 3 is 2.20 bits per heavy atom. The Balaban J connectivity index is 1.99. The first-order chi connectivity index (χ1) is 9.31. The smallest absolute Gasteiger partial charge is 0.242 e. The van der Waals surface area contributed by atoms with Crippen LogP contribution in [0, 0.1) is 5.41 Å². The minimum atomic E-state index is -1.58. The van der Waals surface area contributed by atoms with Crippen LogP contribution in [0.3, 0.4) is 0 Å². The maximum atomic E-state index is 10.9. The first-order valence-corrected chi connectivity index (χ1v) is 10.2. The van der Waals surface area contributed by atoms with Gasteiger partial charge in [-0.25, -0.2) is 0 Å². The Labute approximate surface area is 121 Å². The highest BCUT2D eigenvalue weighted by Gasteiger charge is 2.33. The second kappa shape index (κ2) is 5.67. The molecule has 1 aromatic carbocycles. The molecule has 0 N–H and O–H groups in total.